The molecule has 0 spiro atoms. The summed E-state index contributed by atoms with van der Waals surface area (Å²) in [6, 6.07) is 68.1. The topological polar surface area (TPSA) is 20.3 Å². The molecule has 240 valence electrons. The molecule has 0 saturated carbocycles. The second-order valence-electron chi connectivity index (χ2n) is 13.2. The van der Waals surface area contributed by atoms with Crippen molar-refractivity contribution in [2.75, 3.05) is 4.67 Å². The Morgan fingerprint density at radius 2 is 0.863 bits per heavy atom. The van der Waals surface area contributed by atoms with Crippen LogP contribution in [0.15, 0.2) is 194 Å². The summed E-state index contributed by atoms with van der Waals surface area (Å²) in [5.41, 5.74) is 8.55. The van der Waals surface area contributed by atoms with Crippen LogP contribution < -0.4 is 15.3 Å². The van der Waals surface area contributed by atoms with E-state index in [4.69, 9.17) is 0 Å². The third-order valence-corrected chi connectivity index (χ3v) is 13.5. The van der Waals surface area contributed by atoms with E-state index < -0.39 is 7.29 Å². The Kier molecular flexibility index (Phi) is 6.81. The van der Waals surface area contributed by atoms with Gasteiger partial charge < -0.3 is 0 Å². The number of hydrogen-bond acceptors (Lipinski definition) is 1. The van der Waals surface area contributed by atoms with Gasteiger partial charge >= 0.3 is 0 Å². The van der Waals surface area contributed by atoms with Crippen LogP contribution in [0.2, 0.25) is 0 Å². The second kappa shape index (κ2) is 11.7. The molecule has 1 unspecified atom stereocenters. The van der Waals surface area contributed by atoms with Crippen LogP contribution >= 0.6 is 7.29 Å². The maximum atomic E-state index is 15.7. The van der Waals surface area contributed by atoms with Crippen molar-refractivity contribution in [1.29, 1.82) is 0 Å². The van der Waals surface area contributed by atoms with E-state index in [0.717, 1.165) is 44.2 Å². The van der Waals surface area contributed by atoms with Crippen LogP contribution in [0.1, 0.15) is 0 Å². The molecular formula is C48H32NOP. The van der Waals surface area contributed by atoms with Gasteiger partial charge in [0.1, 0.15) is 0 Å². The van der Waals surface area contributed by atoms with E-state index in [2.05, 4.69) is 138 Å². The summed E-state index contributed by atoms with van der Waals surface area (Å²) in [6.45, 7) is 0. The molecule has 9 aromatic carbocycles. The van der Waals surface area contributed by atoms with Crippen LogP contribution in [0.4, 0.5) is 11.4 Å². The van der Waals surface area contributed by atoms with Crippen molar-refractivity contribution in [3.63, 3.8) is 0 Å². The smallest absolute Gasteiger partial charge is 0.234 e. The summed E-state index contributed by atoms with van der Waals surface area (Å²) in [5, 5.41) is 9.33. The Hall–Kier alpha value is -6.21. The molecule has 2 nitrogen and oxygen atoms in total. The van der Waals surface area contributed by atoms with Gasteiger partial charge in [0.15, 0.2) is 0 Å². The molecular weight excluding hydrogens is 638 g/mol. The van der Waals surface area contributed by atoms with Gasteiger partial charge in [-0.25, -0.2) is 0 Å². The average molecular weight is 670 g/mol. The number of hydrogen-bond donors (Lipinski definition) is 0. The zero-order valence-electron chi connectivity index (χ0n) is 27.8. The van der Waals surface area contributed by atoms with E-state index in [-0.39, 0.29) is 0 Å². The number of fused-ring (bicyclic) bond motifs is 9. The SMILES string of the molecule is O=P1(c2ccccc2)c2ccccc2-c2cc(-c3cccc(-c4ccc5c6ccccc6c6ccccc6c5c4)c3)ccc2N1c1ccccc1. The van der Waals surface area contributed by atoms with Crippen molar-refractivity contribution >= 4 is 61.6 Å². The Labute approximate surface area is 297 Å². The van der Waals surface area contributed by atoms with Gasteiger partial charge in [-0.2, -0.15) is 0 Å². The molecule has 0 amide bonds. The van der Waals surface area contributed by atoms with Gasteiger partial charge in [0, 0.05) is 21.9 Å². The van der Waals surface area contributed by atoms with E-state index in [1.807, 2.05) is 60.7 Å². The van der Waals surface area contributed by atoms with Gasteiger partial charge in [0.2, 0.25) is 7.29 Å². The van der Waals surface area contributed by atoms with Crippen molar-refractivity contribution in [3.05, 3.63) is 194 Å². The van der Waals surface area contributed by atoms with E-state index in [1.165, 1.54) is 43.4 Å². The average Bonchev–Trinajstić information content (AvgIpc) is 3.21. The molecule has 51 heavy (non-hydrogen) atoms. The second-order valence-corrected chi connectivity index (χ2v) is 15.8. The predicted octanol–water partition coefficient (Wildman–Crippen LogP) is 12.5. The number of anilines is 2. The van der Waals surface area contributed by atoms with Crippen LogP contribution in [0.25, 0.3) is 65.7 Å². The number of rotatable bonds is 4. The van der Waals surface area contributed by atoms with Crippen LogP contribution in [0.3, 0.4) is 0 Å². The van der Waals surface area contributed by atoms with Gasteiger partial charge in [-0.3, -0.25) is 9.24 Å². The third kappa shape index (κ3) is 4.61. The highest BCUT2D eigenvalue weighted by Crippen LogP contribution is 2.61. The normalized spacial score (nSPS) is 15.2. The number of benzene rings is 9. The summed E-state index contributed by atoms with van der Waals surface area (Å²) in [5.74, 6) is 0. The number of nitrogens with zero attached hydrogens (tertiary/aromatic N) is 1. The van der Waals surface area contributed by atoms with Crippen LogP contribution in [0.5, 0.6) is 0 Å². The highest BCUT2D eigenvalue weighted by molar-refractivity contribution is 7.80. The third-order valence-electron chi connectivity index (χ3n) is 10.4. The van der Waals surface area contributed by atoms with Gasteiger partial charge in [-0.05, 0) is 115 Å². The lowest BCUT2D eigenvalue weighted by Gasteiger charge is -2.40. The molecule has 0 fully saturated rings. The minimum Gasteiger partial charge on any atom is -0.289 e. The minimum atomic E-state index is -3.28. The fraction of sp³-hybridized carbons (Fsp3) is 0. The predicted molar refractivity (Wildman–Crippen MR) is 217 cm³/mol. The fourth-order valence-electron chi connectivity index (χ4n) is 8.06. The summed E-state index contributed by atoms with van der Waals surface area (Å²) in [6.07, 6.45) is 0. The van der Waals surface area contributed by atoms with Crippen LogP contribution in [-0.4, -0.2) is 0 Å². The van der Waals surface area contributed by atoms with Crippen LogP contribution in [0, 0.1) is 0 Å². The quantitative estimate of drug-likeness (QED) is 0.137. The fourth-order valence-corrected chi connectivity index (χ4v) is 11.1. The van der Waals surface area contributed by atoms with Gasteiger partial charge in [0.25, 0.3) is 0 Å². The van der Waals surface area contributed by atoms with E-state index in [1.54, 1.807) is 0 Å². The molecule has 9 aromatic rings. The lowest BCUT2D eigenvalue weighted by Crippen LogP contribution is -2.33. The number of para-hydroxylation sites is 1. The molecule has 0 N–H and O–H groups in total. The van der Waals surface area contributed by atoms with E-state index in [9.17, 15) is 0 Å². The lowest BCUT2D eigenvalue weighted by atomic mass is 9.91. The van der Waals surface area contributed by atoms with Crippen LogP contribution in [-0.2, 0) is 4.57 Å². The summed E-state index contributed by atoms with van der Waals surface area (Å²) in [4.78, 5) is 0. The molecule has 0 bridgehead atoms. The first-order valence-electron chi connectivity index (χ1n) is 17.4. The molecule has 1 aliphatic heterocycles. The van der Waals surface area contributed by atoms with Gasteiger partial charge in [-0.1, -0.05) is 140 Å². The van der Waals surface area contributed by atoms with E-state index >= 15 is 4.57 Å². The Morgan fingerprint density at radius 1 is 0.353 bits per heavy atom. The largest absolute Gasteiger partial charge is 0.289 e. The summed E-state index contributed by atoms with van der Waals surface area (Å²) >= 11 is 0. The molecule has 0 radical (unpaired) electrons. The first-order valence-corrected chi connectivity index (χ1v) is 19.0. The lowest BCUT2D eigenvalue weighted by molar-refractivity contribution is 0.587. The van der Waals surface area contributed by atoms with Crippen molar-refractivity contribution in [2.24, 2.45) is 0 Å². The van der Waals surface area contributed by atoms with Crippen molar-refractivity contribution in [1.82, 2.24) is 0 Å². The highest BCUT2D eigenvalue weighted by atomic mass is 31.2. The molecule has 0 aromatic heterocycles. The Balaban J connectivity index is 1.13. The Morgan fingerprint density at radius 3 is 1.55 bits per heavy atom. The van der Waals surface area contributed by atoms with Gasteiger partial charge in [-0.15, -0.1) is 0 Å². The zero-order valence-corrected chi connectivity index (χ0v) is 28.7. The van der Waals surface area contributed by atoms with E-state index in [0.29, 0.717) is 0 Å². The molecule has 1 heterocycles. The molecule has 10 rings (SSSR count). The highest BCUT2D eigenvalue weighted by Gasteiger charge is 2.42. The van der Waals surface area contributed by atoms with Crippen molar-refractivity contribution in [2.45, 2.75) is 0 Å². The molecule has 3 heteroatoms. The van der Waals surface area contributed by atoms with Crippen molar-refractivity contribution < 1.29 is 4.57 Å². The molecule has 1 aliphatic rings. The molecule has 1 atom stereocenters. The van der Waals surface area contributed by atoms with Gasteiger partial charge in [0.05, 0.1) is 5.69 Å². The Bertz CT molecular complexity index is 2810. The maximum Gasteiger partial charge on any atom is 0.234 e. The standard InChI is InChI=1S/C48H32NOP/c50-51(38-18-5-2-6-19-38)48-25-12-11-24-44(48)46-32-36(27-29-47(46)49(51)37-16-3-1-4-17-37)34-15-13-14-33(30-34)35-26-28-43-41-22-8-7-20-39(41)40-21-9-10-23-42(40)45(43)31-35/h1-32H. The first kappa shape index (κ1) is 29.7. The molecule has 0 saturated heterocycles. The molecule has 0 aliphatic carbocycles. The summed E-state index contributed by atoms with van der Waals surface area (Å²) < 4.78 is 17.8. The monoisotopic (exact) mass is 669 g/mol. The summed E-state index contributed by atoms with van der Waals surface area (Å²) in [7, 11) is -3.28. The maximum absolute atomic E-state index is 15.7. The zero-order chi connectivity index (χ0) is 33.9. The minimum absolute atomic E-state index is 0.819. The van der Waals surface area contributed by atoms with Crippen molar-refractivity contribution in [3.8, 4) is 33.4 Å². The first-order chi connectivity index (χ1) is 25.2.